The molecule has 2 heterocycles. The lowest BCUT2D eigenvalue weighted by Crippen LogP contribution is -2.45. The summed E-state index contributed by atoms with van der Waals surface area (Å²) < 4.78 is 1.14. The van der Waals surface area contributed by atoms with Gasteiger partial charge in [-0.15, -0.1) is 0 Å². The fourth-order valence-corrected chi connectivity index (χ4v) is 3.93. The van der Waals surface area contributed by atoms with E-state index in [1.54, 1.807) is 0 Å². The summed E-state index contributed by atoms with van der Waals surface area (Å²) in [7, 11) is 0. The SMILES string of the molecule is Cc1cc(Br)ccc1N1C2CCC1CC(O)C2. The first kappa shape index (κ1) is 11.5. The molecule has 0 aromatic heterocycles. The van der Waals surface area contributed by atoms with E-state index in [1.807, 2.05) is 0 Å². The van der Waals surface area contributed by atoms with Crippen molar-refractivity contribution in [1.29, 1.82) is 0 Å². The molecule has 0 radical (unpaired) electrons. The Morgan fingerprint density at radius 2 is 1.88 bits per heavy atom. The van der Waals surface area contributed by atoms with Gasteiger partial charge in [0.05, 0.1) is 6.10 Å². The summed E-state index contributed by atoms with van der Waals surface area (Å²) in [5, 5.41) is 9.83. The first-order valence-electron chi connectivity index (χ1n) is 6.37. The van der Waals surface area contributed by atoms with Crippen molar-refractivity contribution in [2.45, 2.75) is 50.8 Å². The number of hydrogen-bond donors (Lipinski definition) is 1. The van der Waals surface area contributed by atoms with Crippen molar-refractivity contribution in [3.05, 3.63) is 28.2 Å². The minimum atomic E-state index is -0.0838. The molecule has 0 amide bonds. The fourth-order valence-electron chi connectivity index (χ4n) is 3.45. The molecule has 2 aliphatic rings. The largest absolute Gasteiger partial charge is 0.393 e. The number of halogens is 1. The van der Waals surface area contributed by atoms with Crippen molar-refractivity contribution in [1.82, 2.24) is 0 Å². The van der Waals surface area contributed by atoms with Crippen LogP contribution in [0.2, 0.25) is 0 Å². The van der Waals surface area contributed by atoms with Crippen LogP contribution in [0.5, 0.6) is 0 Å². The molecule has 0 aliphatic carbocycles. The smallest absolute Gasteiger partial charge is 0.0579 e. The molecule has 2 bridgehead atoms. The third kappa shape index (κ3) is 2.00. The lowest BCUT2D eigenvalue weighted by Gasteiger charge is -2.39. The summed E-state index contributed by atoms with van der Waals surface area (Å²) in [5.74, 6) is 0. The van der Waals surface area contributed by atoms with Gasteiger partial charge in [0.1, 0.15) is 0 Å². The third-order valence-electron chi connectivity index (χ3n) is 4.15. The zero-order valence-corrected chi connectivity index (χ0v) is 11.7. The van der Waals surface area contributed by atoms with Crippen molar-refractivity contribution in [2.24, 2.45) is 0 Å². The van der Waals surface area contributed by atoms with E-state index in [-0.39, 0.29) is 6.10 Å². The fraction of sp³-hybridized carbons (Fsp3) is 0.571. The number of rotatable bonds is 1. The number of nitrogens with zero attached hydrogens (tertiary/aromatic N) is 1. The second kappa shape index (κ2) is 4.29. The summed E-state index contributed by atoms with van der Waals surface area (Å²) in [4.78, 5) is 2.55. The Balaban J connectivity index is 1.94. The van der Waals surface area contributed by atoms with Gasteiger partial charge in [-0.2, -0.15) is 0 Å². The van der Waals surface area contributed by atoms with Crippen LogP contribution in [0.1, 0.15) is 31.2 Å². The highest BCUT2D eigenvalue weighted by atomic mass is 79.9. The van der Waals surface area contributed by atoms with E-state index < -0.39 is 0 Å². The summed E-state index contributed by atoms with van der Waals surface area (Å²) >= 11 is 3.52. The molecule has 2 fully saturated rings. The van der Waals surface area contributed by atoms with Crippen LogP contribution in [0.4, 0.5) is 5.69 Å². The number of piperidine rings is 1. The quantitative estimate of drug-likeness (QED) is 0.860. The topological polar surface area (TPSA) is 23.5 Å². The van der Waals surface area contributed by atoms with Crippen LogP contribution in [0.15, 0.2) is 22.7 Å². The minimum Gasteiger partial charge on any atom is -0.393 e. The van der Waals surface area contributed by atoms with Crippen LogP contribution < -0.4 is 4.90 Å². The van der Waals surface area contributed by atoms with Crippen molar-refractivity contribution in [2.75, 3.05) is 4.90 Å². The van der Waals surface area contributed by atoms with Crippen LogP contribution >= 0.6 is 15.9 Å². The first-order chi connectivity index (χ1) is 8.15. The zero-order chi connectivity index (χ0) is 12.0. The summed E-state index contributed by atoms with van der Waals surface area (Å²) in [5.41, 5.74) is 2.68. The number of hydrogen-bond acceptors (Lipinski definition) is 2. The van der Waals surface area contributed by atoms with Crippen molar-refractivity contribution < 1.29 is 5.11 Å². The van der Waals surface area contributed by atoms with Gasteiger partial charge in [-0.1, -0.05) is 15.9 Å². The standard InChI is InChI=1S/C14H18BrNO/c1-9-6-10(15)2-5-14(9)16-11-3-4-12(16)8-13(17)7-11/h2,5-6,11-13,17H,3-4,7-8H2,1H3. The van der Waals surface area contributed by atoms with Gasteiger partial charge in [0.2, 0.25) is 0 Å². The van der Waals surface area contributed by atoms with Crippen LogP contribution in [0.3, 0.4) is 0 Å². The molecule has 0 saturated carbocycles. The molecule has 1 aromatic carbocycles. The van der Waals surface area contributed by atoms with E-state index in [9.17, 15) is 5.11 Å². The van der Waals surface area contributed by atoms with E-state index in [4.69, 9.17) is 0 Å². The molecular weight excluding hydrogens is 278 g/mol. The van der Waals surface area contributed by atoms with Gasteiger partial charge in [0.15, 0.2) is 0 Å². The lowest BCUT2D eigenvalue weighted by atomic mass is 9.98. The maximum Gasteiger partial charge on any atom is 0.0579 e. The molecule has 3 rings (SSSR count). The molecule has 2 atom stereocenters. The number of benzene rings is 1. The minimum absolute atomic E-state index is 0.0838. The first-order valence-corrected chi connectivity index (χ1v) is 7.17. The molecule has 17 heavy (non-hydrogen) atoms. The molecule has 3 heteroatoms. The molecule has 1 aromatic rings. The summed E-state index contributed by atoms with van der Waals surface area (Å²) in [6.07, 6.45) is 4.26. The van der Waals surface area contributed by atoms with Crippen molar-refractivity contribution in [3.8, 4) is 0 Å². The van der Waals surface area contributed by atoms with E-state index in [2.05, 4.69) is 46.0 Å². The van der Waals surface area contributed by atoms with Crippen LogP contribution in [0.25, 0.3) is 0 Å². The normalized spacial score (nSPS) is 31.9. The van der Waals surface area contributed by atoms with Gasteiger partial charge < -0.3 is 10.0 Å². The monoisotopic (exact) mass is 295 g/mol. The molecule has 0 spiro atoms. The van der Waals surface area contributed by atoms with Gasteiger partial charge in [-0.3, -0.25) is 0 Å². The molecule has 92 valence electrons. The molecule has 2 nitrogen and oxygen atoms in total. The van der Waals surface area contributed by atoms with Gasteiger partial charge in [-0.25, -0.2) is 0 Å². The highest BCUT2D eigenvalue weighted by Crippen LogP contribution is 2.40. The number of anilines is 1. The van der Waals surface area contributed by atoms with E-state index >= 15 is 0 Å². The lowest BCUT2D eigenvalue weighted by molar-refractivity contribution is 0.126. The Bertz CT molecular complexity index is 420. The number of aliphatic hydroxyl groups is 1. The number of fused-ring (bicyclic) bond motifs is 2. The average Bonchev–Trinajstić information content (AvgIpc) is 2.53. The Kier molecular flexibility index (Phi) is 2.91. The average molecular weight is 296 g/mol. The maximum absolute atomic E-state index is 9.83. The molecule has 2 aliphatic heterocycles. The van der Waals surface area contributed by atoms with Crippen molar-refractivity contribution in [3.63, 3.8) is 0 Å². The van der Waals surface area contributed by atoms with E-state index in [0.29, 0.717) is 12.1 Å². The predicted molar refractivity (Wildman–Crippen MR) is 73.4 cm³/mol. The highest BCUT2D eigenvalue weighted by Gasteiger charge is 2.40. The number of aliphatic hydroxyl groups excluding tert-OH is 1. The van der Waals surface area contributed by atoms with Crippen LogP contribution in [-0.2, 0) is 0 Å². The molecular formula is C14H18BrNO. The number of aryl methyl sites for hydroxylation is 1. The highest BCUT2D eigenvalue weighted by molar-refractivity contribution is 9.10. The van der Waals surface area contributed by atoms with Crippen molar-refractivity contribution >= 4 is 21.6 Å². The van der Waals surface area contributed by atoms with Crippen LogP contribution in [0, 0.1) is 6.92 Å². The molecule has 1 N–H and O–H groups in total. The molecule has 2 unspecified atom stereocenters. The van der Waals surface area contributed by atoms with E-state index in [1.165, 1.54) is 24.1 Å². The summed E-state index contributed by atoms with van der Waals surface area (Å²) in [6.45, 7) is 2.17. The Morgan fingerprint density at radius 1 is 1.24 bits per heavy atom. The zero-order valence-electron chi connectivity index (χ0n) is 10.1. The van der Waals surface area contributed by atoms with Crippen LogP contribution in [-0.4, -0.2) is 23.3 Å². The molecule has 2 saturated heterocycles. The van der Waals surface area contributed by atoms with Gasteiger partial charge >= 0.3 is 0 Å². The van der Waals surface area contributed by atoms with Gasteiger partial charge in [0, 0.05) is 22.2 Å². The maximum atomic E-state index is 9.83. The summed E-state index contributed by atoms with van der Waals surface area (Å²) in [6, 6.07) is 7.60. The Labute approximate surface area is 111 Å². The predicted octanol–water partition coefficient (Wildman–Crippen LogP) is 3.25. The van der Waals surface area contributed by atoms with E-state index in [0.717, 1.165) is 17.3 Å². The Morgan fingerprint density at radius 3 is 2.47 bits per heavy atom. The third-order valence-corrected chi connectivity index (χ3v) is 4.64. The second-order valence-corrected chi connectivity index (χ2v) is 6.26. The second-order valence-electron chi connectivity index (χ2n) is 5.35. The Hall–Kier alpha value is -0.540. The van der Waals surface area contributed by atoms with Gasteiger partial charge in [0.25, 0.3) is 0 Å². The van der Waals surface area contributed by atoms with Gasteiger partial charge in [-0.05, 0) is 56.4 Å².